The fourth-order valence-electron chi connectivity index (χ4n) is 1.20. The van der Waals surface area contributed by atoms with E-state index in [1.54, 1.807) is 4.57 Å². The van der Waals surface area contributed by atoms with Gasteiger partial charge in [-0.05, 0) is 34.4 Å². The molecule has 0 aliphatic carbocycles. The summed E-state index contributed by atoms with van der Waals surface area (Å²) in [6, 6.07) is 0.323. The van der Waals surface area contributed by atoms with Gasteiger partial charge in [0, 0.05) is 4.98 Å². The average molecular weight is 295 g/mol. The second-order valence-corrected chi connectivity index (χ2v) is 5.25. The molecule has 13 heavy (non-hydrogen) atoms. The summed E-state index contributed by atoms with van der Waals surface area (Å²) in [4.78, 5) is 13.5. The summed E-state index contributed by atoms with van der Waals surface area (Å²) >= 11 is 2.13. The summed E-state index contributed by atoms with van der Waals surface area (Å²) in [6.45, 7) is 2.48. The van der Waals surface area contributed by atoms with Gasteiger partial charge < -0.3 is 14.9 Å². The molecule has 0 N–H and O–H groups in total. The molecule has 0 unspecified atom stereocenters. The zero-order chi connectivity index (χ0) is 9.64. The van der Waals surface area contributed by atoms with Crippen molar-refractivity contribution < 1.29 is 9.66 Å². The Morgan fingerprint density at radius 2 is 2.62 bits per heavy atom. The molecule has 0 amide bonds. The highest BCUT2D eigenvalue weighted by molar-refractivity contribution is 14.1. The number of nitro groups is 1. The van der Waals surface area contributed by atoms with Crippen LogP contribution >= 0.6 is 22.6 Å². The Bertz CT molecular complexity index is 348. The Morgan fingerprint density at radius 3 is 3.15 bits per heavy atom. The first-order valence-electron chi connectivity index (χ1n) is 3.57. The number of ether oxygens (including phenoxy) is 1. The van der Waals surface area contributed by atoms with Gasteiger partial charge in [-0.15, -0.1) is 0 Å². The maximum atomic E-state index is 10.3. The molecular formula is C6H6IN3O3. The summed E-state index contributed by atoms with van der Waals surface area (Å²) in [5, 5.41) is 10.3. The smallest absolute Gasteiger partial charge is 0.415 e. The number of nitrogens with zero attached hydrogens (tertiary/aromatic N) is 3. The molecule has 0 saturated carbocycles. The SMILES string of the molecule is C[C@]1(I)Cn2cc([N+](=O)[O-])nc2O1. The minimum Gasteiger partial charge on any atom is -0.427 e. The Labute approximate surface area is 87.2 Å². The second-order valence-electron chi connectivity index (χ2n) is 2.97. The normalized spacial score (nSPS) is 25.4. The first-order valence-corrected chi connectivity index (χ1v) is 4.65. The third-order valence-corrected chi connectivity index (χ3v) is 2.23. The number of halogens is 1. The van der Waals surface area contributed by atoms with E-state index in [0.29, 0.717) is 12.6 Å². The first kappa shape index (κ1) is 8.73. The van der Waals surface area contributed by atoms with E-state index in [0.717, 1.165) is 0 Å². The van der Waals surface area contributed by atoms with Crippen molar-refractivity contribution in [1.82, 2.24) is 9.55 Å². The first-order chi connectivity index (χ1) is 5.98. The molecule has 2 heterocycles. The maximum Gasteiger partial charge on any atom is 0.415 e. The number of rotatable bonds is 1. The number of alkyl halides is 1. The van der Waals surface area contributed by atoms with Crippen molar-refractivity contribution in [3.63, 3.8) is 0 Å². The second kappa shape index (κ2) is 2.56. The van der Waals surface area contributed by atoms with Crippen molar-refractivity contribution in [1.29, 1.82) is 0 Å². The molecule has 1 atom stereocenters. The lowest BCUT2D eigenvalue weighted by Crippen LogP contribution is -2.21. The fourth-order valence-corrected chi connectivity index (χ4v) is 1.76. The van der Waals surface area contributed by atoms with E-state index >= 15 is 0 Å². The number of hydrogen-bond acceptors (Lipinski definition) is 4. The Balaban J connectivity index is 2.34. The van der Waals surface area contributed by atoms with Crippen molar-refractivity contribution in [3.05, 3.63) is 16.3 Å². The van der Waals surface area contributed by atoms with Gasteiger partial charge in [0.2, 0.25) is 0 Å². The van der Waals surface area contributed by atoms with Crippen LogP contribution in [0.2, 0.25) is 0 Å². The van der Waals surface area contributed by atoms with Gasteiger partial charge in [-0.25, -0.2) is 0 Å². The predicted octanol–water partition coefficient (Wildman–Crippen LogP) is 1.33. The molecule has 0 radical (unpaired) electrons. The van der Waals surface area contributed by atoms with Crippen LogP contribution in [0.25, 0.3) is 0 Å². The molecular weight excluding hydrogens is 289 g/mol. The number of aromatic nitrogens is 2. The summed E-state index contributed by atoms with van der Waals surface area (Å²) in [6.07, 6.45) is 1.39. The van der Waals surface area contributed by atoms with Gasteiger partial charge in [-0.1, -0.05) is 0 Å². The van der Waals surface area contributed by atoms with E-state index in [1.165, 1.54) is 6.20 Å². The maximum absolute atomic E-state index is 10.3. The number of imidazole rings is 1. The van der Waals surface area contributed by atoms with Crippen molar-refractivity contribution >= 4 is 28.4 Å². The quantitative estimate of drug-likeness (QED) is 0.339. The average Bonchev–Trinajstić information content (AvgIpc) is 2.39. The van der Waals surface area contributed by atoms with Crippen LogP contribution in [0.4, 0.5) is 5.82 Å². The van der Waals surface area contributed by atoms with E-state index in [1.807, 2.05) is 6.92 Å². The largest absolute Gasteiger partial charge is 0.427 e. The molecule has 1 aromatic rings. The van der Waals surface area contributed by atoms with Crippen molar-refractivity contribution in [2.24, 2.45) is 0 Å². The van der Waals surface area contributed by atoms with E-state index in [2.05, 4.69) is 27.6 Å². The van der Waals surface area contributed by atoms with Crippen molar-refractivity contribution in [2.45, 2.75) is 17.1 Å². The standard InChI is InChI=1S/C6H6IN3O3/c1-6(7)3-9-2-4(10(11)12)8-5(9)13-6/h2H,3H2,1H3/t6-/m1/s1. The molecule has 0 saturated heterocycles. The summed E-state index contributed by atoms with van der Waals surface area (Å²) in [5.41, 5.74) is 0. The lowest BCUT2D eigenvalue weighted by molar-refractivity contribution is -0.389. The van der Waals surface area contributed by atoms with Gasteiger partial charge in [-0.2, -0.15) is 0 Å². The van der Waals surface area contributed by atoms with Crippen LogP contribution in [0.1, 0.15) is 6.92 Å². The lowest BCUT2D eigenvalue weighted by atomic mass is 10.4. The van der Waals surface area contributed by atoms with Gasteiger partial charge in [0.15, 0.2) is 3.61 Å². The highest BCUT2D eigenvalue weighted by Gasteiger charge is 2.37. The zero-order valence-corrected chi connectivity index (χ0v) is 8.89. The van der Waals surface area contributed by atoms with Crippen LogP contribution in [-0.2, 0) is 6.54 Å². The van der Waals surface area contributed by atoms with Gasteiger partial charge in [0.05, 0.1) is 6.54 Å². The van der Waals surface area contributed by atoms with Crippen LogP contribution in [0, 0.1) is 10.1 Å². The molecule has 7 heteroatoms. The molecule has 70 valence electrons. The van der Waals surface area contributed by atoms with E-state index in [9.17, 15) is 10.1 Å². The highest BCUT2D eigenvalue weighted by atomic mass is 127. The van der Waals surface area contributed by atoms with Crippen molar-refractivity contribution in [3.8, 4) is 6.01 Å². The minimum absolute atomic E-state index is 0.165. The zero-order valence-electron chi connectivity index (χ0n) is 6.73. The molecule has 6 nitrogen and oxygen atoms in total. The van der Waals surface area contributed by atoms with Crippen LogP contribution in [0.15, 0.2) is 6.20 Å². The summed E-state index contributed by atoms with van der Waals surface area (Å²) in [5.74, 6) is -0.165. The monoisotopic (exact) mass is 295 g/mol. The van der Waals surface area contributed by atoms with E-state index in [-0.39, 0.29) is 9.43 Å². The third kappa shape index (κ3) is 1.47. The Morgan fingerprint density at radius 1 is 1.92 bits per heavy atom. The van der Waals surface area contributed by atoms with Gasteiger partial charge in [-0.3, -0.25) is 4.57 Å². The molecule has 1 aliphatic rings. The third-order valence-electron chi connectivity index (χ3n) is 1.67. The van der Waals surface area contributed by atoms with Gasteiger partial charge in [0.25, 0.3) is 0 Å². The van der Waals surface area contributed by atoms with Gasteiger partial charge >= 0.3 is 11.8 Å². The highest BCUT2D eigenvalue weighted by Crippen LogP contribution is 2.34. The van der Waals surface area contributed by atoms with E-state index < -0.39 is 4.92 Å². The predicted molar refractivity (Wildman–Crippen MR) is 51.9 cm³/mol. The van der Waals surface area contributed by atoms with Gasteiger partial charge in [0.1, 0.15) is 6.20 Å². The number of hydrogen-bond donors (Lipinski definition) is 0. The molecule has 0 aromatic carbocycles. The summed E-state index contributed by atoms with van der Waals surface area (Å²) < 4.78 is 6.66. The number of fused-ring (bicyclic) bond motifs is 1. The van der Waals surface area contributed by atoms with Crippen LogP contribution < -0.4 is 4.74 Å². The molecule has 1 aromatic heterocycles. The Hall–Kier alpha value is -0.860. The summed E-state index contributed by atoms with van der Waals surface area (Å²) in [7, 11) is 0. The lowest BCUT2D eigenvalue weighted by Gasteiger charge is -2.11. The molecule has 0 fully saturated rings. The van der Waals surface area contributed by atoms with Crippen molar-refractivity contribution in [2.75, 3.05) is 0 Å². The Kier molecular flexibility index (Phi) is 1.72. The molecule has 0 spiro atoms. The van der Waals surface area contributed by atoms with Crippen LogP contribution in [-0.4, -0.2) is 18.1 Å². The van der Waals surface area contributed by atoms with E-state index in [4.69, 9.17) is 4.74 Å². The topological polar surface area (TPSA) is 70.2 Å². The fraction of sp³-hybridized carbons (Fsp3) is 0.500. The van der Waals surface area contributed by atoms with Crippen LogP contribution in [0.3, 0.4) is 0 Å². The molecule has 1 aliphatic heterocycles. The molecule has 2 rings (SSSR count). The van der Waals surface area contributed by atoms with Crippen LogP contribution in [0.5, 0.6) is 6.01 Å². The minimum atomic E-state index is -0.529. The molecule has 0 bridgehead atoms.